The molecule has 1 aromatic heterocycles. The summed E-state index contributed by atoms with van der Waals surface area (Å²) < 4.78 is 55.5. The molecule has 0 spiro atoms. The monoisotopic (exact) mass is 509 g/mol. The van der Waals surface area contributed by atoms with Crippen LogP contribution in [-0.4, -0.2) is 29.7 Å². The van der Waals surface area contributed by atoms with Crippen molar-refractivity contribution in [2.24, 2.45) is 0 Å². The summed E-state index contributed by atoms with van der Waals surface area (Å²) in [5.74, 6) is 0.631. The first-order chi connectivity index (χ1) is 17.9. The highest BCUT2D eigenvalue weighted by molar-refractivity contribution is 5.70. The van der Waals surface area contributed by atoms with E-state index in [1.54, 1.807) is 12.1 Å². The second-order valence-electron chi connectivity index (χ2n) is 10.0. The first kappa shape index (κ1) is 23.9. The number of anilines is 1. The van der Waals surface area contributed by atoms with Crippen LogP contribution < -0.4 is 9.64 Å². The van der Waals surface area contributed by atoms with Crippen LogP contribution in [-0.2, 0) is 11.3 Å². The van der Waals surface area contributed by atoms with Crippen LogP contribution >= 0.6 is 0 Å². The fourth-order valence-corrected chi connectivity index (χ4v) is 5.80. The molecule has 1 unspecified atom stereocenters. The number of fused-ring (bicyclic) bond motifs is 2. The van der Waals surface area contributed by atoms with E-state index in [1.165, 1.54) is 12.1 Å². The highest BCUT2D eigenvalue weighted by atomic mass is 19.4. The van der Waals surface area contributed by atoms with Crippen LogP contribution in [0.4, 0.5) is 24.5 Å². The quantitative estimate of drug-likeness (QED) is 0.311. The van der Waals surface area contributed by atoms with Crippen LogP contribution in [0.25, 0.3) is 16.1 Å². The highest BCUT2D eigenvalue weighted by Crippen LogP contribution is 2.46. The fourth-order valence-electron chi connectivity index (χ4n) is 5.80. The lowest BCUT2D eigenvalue weighted by molar-refractivity contribution is -0.274. The highest BCUT2D eigenvalue weighted by Gasteiger charge is 2.42. The minimum Gasteiger partial charge on any atom is -0.405 e. The SMILES string of the molecule is [C-]#[N+]c1ccc(N2[C@@H]3CC[C@H]2CC(OCc2c(-c4ccccc4OC(F)(F)F)noc2C2CC2)C3)cc1. The molecule has 192 valence electrons. The van der Waals surface area contributed by atoms with Gasteiger partial charge in [-0.2, -0.15) is 0 Å². The Bertz CT molecular complexity index is 1300. The Balaban J connectivity index is 1.20. The number of hydrogen-bond donors (Lipinski definition) is 0. The third-order valence-corrected chi connectivity index (χ3v) is 7.56. The number of halogens is 3. The van der Waals surface area contributed by atoms with Gasteiger partial charge in [0.25, 0.3) is 0 Å². The Morgan fingerprint density at radius 3 is 2.35 bits per heavy atom. The molecular formula is C28H26F3N3O3. The van der Waals surface area contributed by atoms with Crippen LogP contribution in [0.15, 0.2) is 53.1 Å². The molecule has 3 fully saturated rings. The molecule has 0 radical (unpaired) electrons. The van der Waals surface area contributed by atoms with Crippen LogP contribution in [0.3, 0.4) is 0 Å². The Labute approximate surface area is 212 Å². The average molecular weight is 510 g/mol. The van der Waals surface area contributed by atoms with Crippen LogP contribution in [0.2, 0.25) is 0 Å². The molecule has 1 saturated carbocycles. The van der Waals surface area contributed by atoms with Gasteiger partial charge in [0.1, 0.15) is 17.2 Å². The van der Waals surface area contributed by atoms with Crippen molar-refractivity contribution in [3.8, 4) is 17.0 Å². The largest absolute Gasteiger partial charge is 0.573 e. The van der Waals surface area contributed by atoms with E-state index in [-0.39, 0.29) is 29.9 Å². The standard InChI is InChI=1S/C28H26F3N3O3/c1-32-18-8-10-19(11-9-18)34-20-12-13-21(34)15-22(14-20)35-16-24-26(33-37-27(24)17-6-7-17)23-4-2-3-5-25(23)36-28(29,30)31/h2-5,8-11,17,20-22H,6-7,12-16H2/t20-,21+,22?. The molecule has 6 nitrogen and oxygen atoms in total. The molecular weight excluding hydrogens is 483 g/mol. The average Bonchev–Trinajstić information content (AvgIpc) is 3.58. The zero-order valence-electron chi connectivity index (χ0n) is 20.1. The van der Waals surface area contributed by atoms with E-state index in [0.29, 0.717) is 34.8 Å². The van der Waals surface area contributed by atoms with Gasteiger partial charge in [0, 0.05) is 34.8 Å². The Morgan fingerprint density at radius 1 is 1.00 bits per heavy atom. The van der Waals surface area contributed by atoms with Gasteiger partial charge < -0.3 is 18.9 Å². The maximum Gasteiger partial charge on any atom is 0.573 e. The Morgan fingerprint density at radius 2 is 1.70 bits per heavy atom. The molecule has 6 rings (SSSR count). The maximum absolute atomic E-state index is 13.0. The Kier molecular flexibility index (Phi) is 6.07. The number of benzene rings is 2. The fraction of sp³-hybridized carbons (Fsp3) is 0.429. The summed E-state index contributed by atoms with van der Waals surface area (Å²) in [6.45, 7) is 7.41. The molecule has 2 aliphatic heterocycles. The zero-order chi connectivity index (χ0) is 25.6. The van der Waals surface area contributed by atoms with Crippen LogP contribution in [0.5, 0.6) is 5.75 Å². The minimum atomic E-state index is -4.81. The van der Waals surface area contributed by atoms with Gasteiger partial charge in [-0.25, -0.2) is 4.85 Å². The molecule has 3 aliphatic rings. The van der Waals surface area contributed by atoms with Gasteiger partial charge in [-0.05, 0) is 62.8 Å². The molecule has 3 atom stereocenters. The summed E-state index contributed by atoms with van der Waals surface area (Å²) in [6, 6.07) is 14.5. The van der Waals surface area contributed by atoms with Gasteiger partial charge in [0.05, 0.1) is 19.3 Å². The number of ether oxygens (including phenoxy) is 2. The summed E-state index contributed by atoms with van der Waals surface area (Å²) in [6.07, 6.45) is 1.08. The second-order valence-corrected chi connectivity index (χ2v) is 10.0. The lowest BCUT2D eigenvalue weighted by Crippen LogP contribution is -2.45. The second kappa shape index (κ2) is 9.42. The van der Waals surface area contributed by atoms with Gasteiger partial charge in [0.15, 0.2) is 5.69 Å². The van der Waals surface area contributed by atoms with Gasteiger partial charge >= 0.3 is 6.36 Å². The van der Waals surface area contributed by atoms with E-state index in [2.05, 4.69) is 19.6 Å². The predicted octanol–water partition coefficient (Wildman–Crippen LogP) is 7.38. The van der Waals surface area contributed by atoms with Crippen LogP contribution in [0.1, 0.15) is 55.8 Å². The number of piperidine rings is 1. The summed E-state index contributed by atoms with van der Waals surface area (Å²) in [5, 5.41) is 4.18. The third-order valence-electron chi connectivity index (χ3n) is 7.56. The van der Waals surface area contributed by atoms with Crippen LogP contribution in [0, 0.1) is 6.57 Å². The van der Waals surface area contributed by atoms with Crippen molar-refractivity contribution in [3.05, 3.63) is 71.3 Å². The van der Waals surface area contributed by atoms with E-state index in [1.807, 2.05) is 24.3 Å². The zero-order valence-corrected chi connectivity index (χ0v) is 20.1. The molecule has 0 amide bonds. The number of para-hydroxylation sites is 1. The first-order valence-electron chi connectivity index (χ1n) is 12.6. The molecule has 9 heteroatoms. The molecule has 2 aromatic carbocycles. The topological polar surface area (TPSA) is 52.1 Å². The van der Waals surface area contributed by atoms with Gasteiger partial charge in [0.2, 0.25) is 0 Å². The lowest BCUT2D eigenvalue weighted by atomic mass is 9.98. The first-order valence-corrected chi connectivity index (χ1v) is 12.6. The van der Waals surface area contributed by atoms with E-state index in [4.69, 9.17) is 15.8 Å². The molecule has 3 aromatic rings. The summed E-state index contributed by atoms with van der Waals surface area (Å²) in [4.78, 5) is 5.94. The molecule has 3 heterocycles. The van der Waals surface area contributed by atoms with E-state index in [0.717, 1.165) is 44.2 Å². The molecule has 37 heavy (non-hydrogen) atoms. The van der Waals surface area contributed by atoms with Crippen molar-refractivity contribution in [3.63, 3.8) is 0 Å². The molecule has 1 aliphatic carbocycles. The van der Waals surface area contributed by atoms with E-state index < -0.39 is 6.36 Å². The van der Waals surface area contributed by atoms with E-state index in [9.17, 15) is 13.2 Å². The minimum absolute atomic E-state index is 0.0349. The van der Waals surface area contributed by atoms with Gasteiger partial charge in [-0.15, -0.1) is 13.2 Å². The third kappa shape index (κ3) is 4.90. The predicted molar refractivity (Wildman–Crippen MR) is 130 cm³/mol. The van der Waals surface area contributed by atoms with Crippen molar-refractivity contribution >= 4 is 11.4 Å². The number of nitrogens with zero attached hydrogens (tertiary/aromatic N) is 3. The number of hydrogen-bond acceptors (Lipinski definition) is 5. The summed E-state index contributed by atoms with van der Waals surface area (Å²) in [7, 11) is 0. The van der Waals surface area contributed by atoms with Crippen molar-refractivity contribution in [2.75, 3.05) is 4.90 Å². The molecule has 2 bridgehead atoms. The smallest absolute Gasteiger partial charge is 0.405 e. The maximum atomic E-state index is 13.0. The number of rotatable bonds is 7. The summed E-state index contributed by atoms with van der Waals surface area (Å²) >= 11 is 0. The molecule has 0 N–H and O–H groups in total. The van der Waals surface area contributed by atoms with E-state index >= 15 is 0 Å². The summed E-state index contributed by atoms with van der Waals surface area (Å²) in [5.41, 5.74) is 3.07. The lowest BCUT2D eigenvalue weighted by Gasteiger charge is -2.40. The van der Waals surface area contributed by atoms with Crippen molar-refractivity contribution in [1.82, 2.24) is 5.16 Å². The van der Waals surface area contributed by atoms with Gasteiger partial charge in [-0.1, -0.05) is 29.4 Å². The molecule has 2 saturated heterocycles. The Hall–Kier alpha value is -3.51. The van der Waals surface area contributed by atoms with Gasteiger partial charge in [-0.3, -0.25) is 0 Å². The van der Waals surface area contributed by atoms with Crippen molar-refractivity contribution < 1.29 is 27.2 Å². The normalized spacial score (nSPS) is 23.2. The number of aromatic nitrogens is 1. The van der Waals surface area contributed by atoms with Crippen molar-refractivity contribution in [1.29, 1.82) is 0 Å². The number of alkyl halides is 3. The van der Waals surface area contributed by atoms with Crippen molar-refractivity contribution in [2.45, 2.75) is 75.6 Å².